The van der Waals surface area contributed by atoms with Crippen LogP contribution < -0.4 is 11.3 Å². The van der Waals surface area contributed by atoms with Crippen molar-refractivity contribution in [2.45, 2.75) is 6.92 Å². The monoisotopic (exact) mass is 343 g/mol. The van der Waals surface area contributed by atoms with Crippen LogP contribution in [0.15, 0.2) is 77.9 Å². The Morgan fingerprint density at radius 3 is 2.35 bits per heavy atom. The van der Waals surface area contributed by atoms with Gasteiger partial charge < -0.3 is 10.3 Å². The second-order valence-corrected chi connectivity index (χ2v) is 6.23. The number of hydrogen-bond acceptors (Lipinski definition) is 3. The number of aromatic nitrogens is 2. The molecule has 0 fully saturated rings. The lowest BCUT2D eigenvalue weighted by atomic mass is 10.1. The van der Waals surface area contributed by atoms with E-state index in [1.54, 1.807) is 37.3 Å². The minimum absolute atomic E-state index is 0.331. The first-order valence-electron chi connectivity index (χ1n) is 8.24. The van der Waals surface area contributed by atoms with E-state index in [4.69, 9.17) is 5.73 Å². The summed E-state index contributed by atoms with van der Waals surface area (Å²) in [6.45, 7) is 1.71. The van der Waals surface area contributed by atoms with Crippen LogP contribution in [0, 0.1) is 6.92 Å². The van der Waals surface area contributed by atoms with Crippen molar-refractivity contribution in [2.75, 3.05) is 5.73 Å². The van der Waals surface area contributed by atoms with Gasteiger partial charge in [-0.2, -0.15) is 0 Å². The Kier molecular flexibility index (Phi) is 3.69. The third kappa shape index (κ3) is 2.59. The van der Waals surface area contributed by atoms with E-state index in [0.29, 0.717) is 22.3 Å². The number of carbonyl (C=O) groups excluding carboxylic acids is 1. The average Bonchev–Trinajstić information content (AvgIpc) is 3.18. The first-order chi connectivity index (χ1) is 12.5. The van der Waals surface area contributed by atoms with Gasteiger partial charge in [-0.15, -0.1) is 0 Å². The lowest BCUT2D eigenvalue weighted by molar-refractivity contribution is 0.0961. The number of nitrogens with zero attached hydrogens (tertiary/aromatic N) is 2. The fourth-order valence-corrected chi connectivity index (χ4v) is 3.07. The Hall–Kier alpha value is -3.60. The zero-order chi connectivity index (χ0) is 18.3. The molecule has 2 N–H and O–H groups in total. The molecule has 0 unspecified atom stereocenters. The lowest BCUT2D eigenvalue weighted by Crippen LogP contribution is -2.29. The summed E-state index contributed by atoms with van der Waals surface area (Å²) in [6, 6.07) is 18.0. The number of carbonyl (C=O) groups is 1. The molecule has 4 rings (SSSR count). The zero-order valence-corrected chi connectivity index (χ0v) is 14.2. The first kappa shape index (κ1) is 15.9. The third-order valence-corrected chi connectivity index (χ3v) is 4.43. The van der Waals surface area contributed by atoms with Crippen LogP contribution in [0.5, 0.6) is 0 Å². The number of benzene rings is 2. The van der Waals surface area contributed by atoms with E-state index in [1.165, 1.54) is 4.57 Å². The Bertz CT molecular complexity index is 1170. The number of anilines is 1. The SMILES string of the molecule is Cc1cc2ccc(N)cc2n(C(=O)c2ccc(-n3cccc3)cc2)c1=O. The van der Waals surface area contributed by atoms with Crippen LogP contribution in [0.25, 0.3) is 16.6 Å². The summed E-state index contributed by atoms with van der Waals surface area (Å²) in [5.41, 5.74) is 8.45. The van der Waals surface area contributed by atoms with E-state index in [-0.39, 0.29) is 11.5 Å². The van der Waals surface area contributed by atoms with Gasteiger partial charge in [-0.1, -0.05) is 6.07 Å². The molecule has 2 heterocycles. The Labute approximate surface area is 149 Å². The molecule has 0 atom stereocenters. The van der Waals surface area contributed by atoms with Gasteiger partial charge in [0.1, 0.15) is 0 Å². The molecule has 0 spiro atoms. The fraction of sp³-hybridized carbons (Fsp3) is 0.0476. The number of nitrogens with two attached hydrogens (primary N) is 1. The highest BCUT2D eigenvalue weighted by Crippen LogP contribution is 2.19. The van der Waals surface area contributed by atoms with E-state index in [2.05, 4.69) is 0 Å². The molecular formula is C21H17N3O2. The van der Waals surface area contributed by atoms with Gasteiger partial charge in [-0.25, -0.2) is 4.57 Å². The van der Waals surface area contributed by atoms with Crippen LogP contribution in [-0.2, 0) is 0 Å². The standard InChI is InChI=1S/C21H17N3O2/c1-14-12-16-4-7-17(22)13-19(16)24(20(14)25)21(26)15-5-8-18(9-6-15)23-10-2-3-11-23/h2-13H,22H2,1H3. The summed E-state index contributed by atoms with van der Waals surface area (Å²) in [5.74, 6) is -0.367. The second-order valence-electron chi connectivity index (χ2n) is 6.23. The largest absolute Gasteiger partial charge is 0.399 e. The molecule has 4 aromatic rings. The van der Waals surface area contributed by atoms with Crippen LogP contribution in [0.4, 0.5) is 5.69 Å². The molecule has 0 bridgehead atoms. The molecule has 0 saturated carbocycles. The Morgan fingerprint density at radius 2 is 1.65 bits per heavy atom. The van der Waals surface area contributed by atoms with E-state index < -0.39 is 0 Å². The van der Waals surface area contributed by atoms with E-state index in [1.807, 2.05) is 47.3 Å². The number of nitrogen functional groups attached to an aromatic ring is 1. The number of pyridine rings is 1. The quantitative estimate of drug-likeness (QED) is 0.567. The molecule has 0 aliphatic heterocycles. The maximum atomic E-state index is 13.1. The number of hydrogen-bond donors (Lipinski definition) is 1. The molecule has 2 aromatic carbocycles. The first-order valence-corrected chi connectivity index (χ1v) is 8.24. The van der Waals surface area contributed by atoms with Gasteiger partial charge >= 0.3 is 0 Å². The highest BCUT2D eigenvalue weighted by atomic mass is 16.2. The molecule has 0 amide bonds. The van der Waals surface area contributed by atoms with Crippen molar-refractivity contribution in [1.29, 1.82) is 0 Å². The fourth-order valence-electron chi connectivity index (χ4n) is 3.07. The van der Waals surface area contributed by atoms with Gasteiger partial charge in [0.05, 0.1) is 5.52 Å². The van der Waals surface area contributed by atoms with E-state index >= 15 is 0 Å². The lowest BCUT2D eigenvalue weighted by Gasteiger charge is -2.12. The number of aryl methyl sites for hydroxylation is 1. The van der Waals surface area contributed by atoms with Crippen molar-refractivity contribution in [2.24, 2.45) is 0 Å². The maximum Gasteiger partial charge on any atom is 0.265 e. The molecule has 5 heteroatoms. The molecule has 128 valence electrons. The second kappa shape index (κ2) is 6.04. The average molecular weight is 343 g/mol. The van der Waals surface area contributed by atoms with Crippen molar-refractivity contribution >= 4 is 22.5 Å². The van der Waals surface area contributed by atoms with E-state index in [9.17, 15) is 9.59 Å². The van der Waals surface area contributed by atoms with Crippen LogP contribution in [-0.4, -0.2) is 15.0 Å². The molecular weight excluding hydrogens is 326 g/mol. The Morgan fingerprint density at radius 1 is 0.962 bits per heavy atom. The third-order valence-electron chi connectivity index (χ3n) is 4.43. The van der Waals surface area contributed by atoms with Crippen molar-refractivity contribution in [3.63, 3.8) is 0 Å². The highest BCUT2D eigenvalue weighted by Gasteiger charge is 2.16. The molecule has 0 radical (unpaired) electrons. The summed E-state index contributed by atoms with van der Waals surface area (Å²) in [6.07, 6.45) is 3.86. The molecule has 2 aromatic heterocycles. The smallest absolute Gasteiger partial charge is 0.265 e. The molecule has 0 aliphatic carbocycles. The number of rotatable bonds is 2. The van der Waals surface area contributed by atoms with Crippen molar-refractivity contribution in [3.05, 3.63) is 94.5 Å². The van der Waals surface area contributed by atoms with Crippen molar-refractivity contribution in [1.82, 2.24) is 9.13 Å². The maximum absolute atomic E-state index is 13.1. The van der Waals surface area contributed by atoms with Crippen LogP contribution in [0.2, 0.25) is 0 Å². The van der Waals surface area contributed by atoms with Gasteiger partial charge in [0.25, 0.3) is 11.5 Å². The predicted octanol–water partition coefficient (Wildman–Crippen LogP) is 3.37. The summed E-state index contributed by atoms with van der Waals surface area (Å²) in [7, 11) is 0. The minimum atomic E-state index is -0.367. The Balaban J connectivity index is 1.85. The van der Waals surface area contributed by atoms with Crippen LogP contribution in [0.3, 0.4) is 0 Å². The zero-order valence-electron chi connectivity index (χ0n) is 14.2. The van der Waals surface area contributed by atoms with Gasteiger partial charge in [0.2, 0.25) is 0 Å². The van der Waals surface area contributed by atoms with Gasteiger partial charge in [-0.05, 0) is 66.9 Å². The molecule has 26 heavy (non-hydrogen) atoms. The summed E-state index contributed by atoms with van der Waals surface area (Å²) in [4.78, 5) is 25.7. The highest BCUT2D eigenvalue weighted by molar-refractivity contribution is 6.02. The summed E-state index contributed by atoms with van der Waals surface area (Å²) >= 11 is 0. The van der Waals surface area contributed by atoms with Gasteiger partial charge in [-0.3, -0.25) is 9.59 Å². The molecule has 0 aliphatic rings. The predicted molar refractivity (Wildman–Crippen MR) is 103 cm³/mol. The van der Waals surface area contributed by atoms with Crippen molar-refractivity contribution in [3.8, 4) is 5.69 Å². The van der Waals surface area contributed by atoms with E-state index in [0.717, 1.165) is 11.1 Å². The van der Waals surface area contributed by atoms with Gasteiger partial charge in [0, 0.05) is 34.9 Å². The summed E-state index contributed by atoms with van der Waals surface area (Å²) in [5, 5.41) is 0.800. The summed E-state index contributed by atoms with van der Waals surface area (Å²) < 4.78 is 3.15. The molecule has 5 nitrogen and oxygen atoms in total. The topological polar surface area (TPSA) is 70.0 Å². The molecule has 0 saturated heterocycles. The minimum Gasteiger partial charge on any atom is -0.399 e. The van der Waals surface area contributed by atoms with Crippen molar-refractivity contribution < 1.29 is 4.79 Å². The van der Waals surface area contributed by atoms with Crippen LogP contribution in [0.1, 0.15) is 15.9 Å². The normalized spacial score (nSPS) is 11.0. The number of fused-ring (bicyclic) bond motifs is 1. The van der Waals surface area contributed by atoms with Crippen LogP contribution >= 0.6 is 0 Å². The van der Waals surface area contributed by atoms with Gasteiger partial charge in [0.15, 0.2) is 0 Å².